The summed E-state index contributed by atoms with van der Waals surface area (Å²) in [5.74, 6) is -0.532. The highest BCUT2D eigenvalue weighted by atomic mass is 16.2. The van der Waals surface area contributed by atoms with Crippen LogP contribution in [0, 0.1) is 0 Å². The summed E-state index contributed by atoms with van der Waals surface area (Å²) in [7, 11) is 0. The highest BCUT2D eigenvalue weighted by molar-refractivity contribution is 6.10. The quantitative estimate of drug-likeness (QED) is 0.808. The van der Waals surface area contributed by atoms with Gasteiger partial charge in [-0.1, -0.05) is 19.1 Å². The number of likely N-dealkylation sites (N-methyl/N-ethyl adjacent to an activating group) is 1. The van der Waals surface area contributed by atoms with E-state index in [1.54, 1.807) is 17.0 Å². The molecular weight excluding hydrogens is 308 g/mol. The Bertz CT molecular complexity index is 630. The van der Waals surface area contributed by atoms with E-state index >= 15 is 0 Å². The summed E-state index contributed by atoms with van der Waals surface area (Å²) in [6.07, 6.45) is 0. The van der Waals surface area contributed by atoms with Crippen molar-refractivity contribution in [3.63, 3.8) is 0 Å². The Kier molecular flexibility index (Phi) is 5.92. The molecule has 0 aromatic heterocycles. The van der Waals surface area contributed by atoms with Gasteiger partial charge in [0.25, 0.3) is 0 Å². The number of benzene rings is 1. The maximum absolute atomic E-state index is 12.7. The maximum Gasteiger partial charge on any atom is 0.244 e. The molecule has 1 aliphatic rings. The van der Waals surface area contributed by atoms with Crippen LogP contribution in [0.1, 0.15) is 20.8 Å². The third kappa shape index (κ3) is 4.55. The molecule has 7 nitrogen and oxygen atoms in total. The van der Waals surface area contributed by atoms with Gasteiger partial charge in [-0.25, -0.2) is 0 Å². The van der Waals surface area contributed by atoms with Crippen molar-refractivity contribution < 1.29 is 14.4 Å². The average molecular weight is 332 g/mol. The van der Waals surface area contributed by atoms with Crippen LogP contribution in [0.3, 0.4) is 0 Å². The molecule has 7 heteroatoms. The monoisotopic (exact) mass is 332 g/mol. The molecule has 0 unspecified atom stereocenters. The second-order valence-electron chi connectivity index (χ2n) is 6.07. The molecular formula is C17H24N4O3. The lowest BCUT2D eigenvalue weighted by atomic mass is 10.2. The van der Waals surface area contributed by atoms with Crippen molar-refractivity contribution >= 4 is 29.1 Å². The fourth-order valence-corrected chi connectivity index (χ4v) is 2.58. The van der Waals surface area contributed by atoms with Gasteiger partial charge >= 0.3 is 0 Å². The van der Waals surface area contributed by atoms with Crippen LogP contribution in [0.15, 0.2) is 24.3 Å². The summed E-state index contributed by atoms with van der Waals surface area (Å²) in [4.78, 5) is 39.6. The van der Waals surface area contributed by atoms with Gasteiger partial charge in [0, 0.05) is 6.04 Å². The number of anilines is 2. The number of nitrogens with one attached hydrogen (secondary N) is 2. The second kappa shape index (κ2) is 7.92. The van der Waals surface area contributed by atoms with E-state index < -0.39 is 0 Å². The smallest absolute Gasteiger partial charge is 0.244 e. The van der Waals surface area contributed by atoms with Crippen LogP contribution in [0.2, 0.25) is 0 Å². The Morgan fingerprint density at radius 3 is 2.67 bits per heavy atom. The van der Waals surface area contributed by atoms with Gasteiger partial charge in [0.05, 0.1) is 24.5 Å². The molecule has 1 aliphatic heterocycles. The SMILES string of the molecule is CCN(CC(=O)NC(C)C)CC(=O)N1CC(=O)Nc2ccccc21. The van der Waals surface area contributed by atoms with E-state index in [1.807, 2.05) is 32.9 Å². The fourth-order valence-electron chi connectivity index (χ4n) is 2.58. The van der Waals surface area contributed by atoms with E-state index in [9.17, 15) is 14.4 Å². The number of fused-ring (bicyclic) bond motifs is 1. The molecule has 2 rings (SSSR count). The Morgan fingerprint density at radius 2 is 2.00 bits per heavy atom. The van der Waals surface area contributed by atoms with E-state index in [2.05, 4.69) is 10.6 Å². The summed E-state index contributed by atoms with van der Waals surface area (Å²) >= 11 is 0. The number of carbonyl (C=O) groups excluding carboxylic acids is 3. The number of rotatable bonds is 6. The molecule has 1 aromatic rings. The first-order chi connectivity index (χ1) is 11.4. The van der Waals surface area contributed by atoms with Gasteiger partial charge in [-0.15, -0.1) is 0 Å². The highest BCUT2D eigenvalue weighted by Gasteiger charge is 2.27. The largest absolute Gasteiger partial charge is 0.353 e. The zero-order chi connectivity index (χ0) is 17.7. The van der Waals surface area contributed by atoms with Crippen molar-refractivity contribution in [3.05, 3.63) is 24.3 Å². The maximum atomic E-state index is 12.7. The number of amides is 3. The molecule has 0 fully saturated rings. The Labute approximate surface area is 142 Å². The van der Waals surface area contributed by atoms with Crippen molar-refractivity contribution in [2.24, 2.45) is 0 Å². The summed E-state index contributed by atoms with van der Waals surface area (Å²) in [5.41, 5.74) is 1.31. The van der Waals surface area contributed by atoms with Crippen LogP contribution in [0.5, 0.6) is 0 Å². The zero-order valence-corrected chi connectivity index (χ0v) is 14.3. The second-order valence-corrected chi connectivity index (χ2v) is 6.07. The number of hydrogen-bond donors (Lipinski definition) is 2. The van der Waals surface area contributed by atoms with Gasteiger partial charge < -0.3 is 10.6 Å². The number of carbonyl (C=O) groups is 3. The predicted octanol–water partition coefficient (Wildman–Crippen LogP) is 0.818. The lowest BCUT2D eigenvalue weighted by Gasteiger charge is -2.31. The lowest BCUT2D eigenvalue weighted by Crippen LogP contribution is -2.48. The van der Waals surface area contributed by atoms with Gasteiger partial charge in [0.15, 0.2) is 0 Å². The molecule has 0 saturated carbocycles. The van der Waals surface area contributed by atoms with Gasteiger partial charge in [-0.05, 0) is 32.5 Å². The molecule has 1 heterocycles. The molecule has 0 spiro atoms. The molecule has 130 valence electrons. The normalized spacial score (nSPS) is 13.7. The van der Waals surface area contributed by atoms with Crippen molar-refractivity contribution in [1.82, 2.24) is 10.2 Å². The van der Waals surface area contributed by atoms with Crippen LogP contribution in [-0.2, 0) is 14.4 Å². The first-order valence-corrected chi connectivity index (χ1v) is 8.11. The lowest BCUT2D eigenvalue weighted by molar-refractivity contribution is -0.125. The van der Waals surface area contributed by atoms with Crippen LogP contribution in [0.4, 0.5) is 11.4 Å². The summed E-state index contributed by atoms with van der Waals surface area (Å²) < 4.78 is 0. The Morgan fingerprint density at radius 1 is 1.29 bits per heavy atom. The number of nitrogens with zero attached hydrogens (tertiary/aromatic N) is 2. The topological polar surface area (TPSA) is 81.8 Å². The van der Waals surface area contributed by atoms with Gasteiger partial charge in [-0.2, -0.15) is 0 Å². The number of hydrogen-bond acceptors (Lipinski definition) is 4. The molecule has 0 radical (unpaired) electrons. The summed E-state index contributed by atoms with van der Waals surface area (Å²) in [6.45, 7) is 6.48. The first-order valence-electron chi connectivity index (χ1n) is 8.11. The molecule has 3 amide bonds. The third-order valence-electron chi connectivity index (χ3n) is 3.69. The minimum Gasteiger partial charge on any atom is -0.353 e. The van der Waals surface area contributed by atoms with Crippen LogP contribution < -0.4 is 15.5 Å². The average Bonchev–Trinajstić information content (AvgIpc) is 2.52. The van der Waals surface area contributed by atoms with Gasteiger partial charge in [0.1, 0.15) is 6.54 Å². The summed E-state index contributed by atoms with van der Waals surface area (Å²) in [5, 5.41) is 5.57. The standard InChI is InChI=1S/C17H24N4O3/c1-4-20(9-15(22)18-12(2)3)11-17(24)21-10-16(23)19-13-7-5-6-8-14(13)21/h5-8,12H,4,9-11H2,1-3H3,(H,18,22)(H,19,23). The molecule has 0 atom stereocenters. The zero-order valence-electron chi connectivity index (χ0n) is 14.3. The van der Waals surface area contributed by atoms with E-state index in [0.29, 0.717) is 17.9 Å². The Balaban J connectivity index is 2.05. The van der Waals surface area contributed by atoms with Crippen molar-refractivity contribution in [2.45, 2.75) is 26.8 Å². The number of para-hydroxylation sites is 2. The molecule has 1 aromatic carbocycles. The van der Waals surface area contributed by atoms with Gasteiger partial charge in [-0.3, -0.25) is 24.2 Å². The molecule has 0 aliphatic carbocycles. The van der Waals surface area contributed by atoms with Gasteiger partial charge in [0.2, 0.25) is 17.7 Å². The van der Waals surface area contributed by atoms with E-state index in [0.717, 1.165) is 0 Å². The minimum atomic E-state index is -0.220. The van der Waals surface area contributed by atoms with Crippen LogP contribution >= 0.6 is 0 Å². The first kappa shape index (κ1) is 17.9. The highest BCUT2D eigenvalue weighted by Crippen LogP contribution is 2.28. The van der Waals surface area contributed by atoms with Crippen molar-refractivity contribution in [1.29, 1.82) is 0 Å². The minimum absolute atomic E-state index is 0.00834. The van der Waals surface area contributed by atoms with Crippen molar-refractivity contribution in [3.8, 4) is 0 Å². The fraction of sp³-hybridized carbons (Fsp3) is 0.471. The van der Waals surface area contributed by atoms with E-state index in [4.69, 9.17) is 0 Å². The van der Waals surface area contributed by atoms with E-state index in [-0.39, 0.29) is 43.4 Å². The molecule has 0 saturated heterocycles. The third-order valence-corrected chi connectivity index (χ3v) is 3.69. The Hall–Kier alpha value is -2.41. The molecule has 2 N–H and O–H groups in total. The molecule has 0 bridgehead atoms. The van der Waals surface area contributed by atoms with Crippen LogP contribution in [0.25, 0.3) is 0 Å². The van der Waals surface area contributed by atoms with Crippen molar-refractivity contribution in [2.75, 3.05) is 36.4 Å². The van der Waals surface area contributed by atoms with Crippen LogP contribution in [-0.4, -0.2) is 54.8 Å². The predicted molar refractivity (Wildman–Crippen MR) is 92.8 cm³/mol. The summed E-state index contributed by atoms with van der Waals surface area (Å²) in [6, 6.07) is 7.25. The molecule has 24 heavy (non-hydrogen) atoms. The van der Waals surface area contributed by atoms with E-state index in [1.165, 1.54) is 4.90 Å².